The Kier molecular flexibility index (Phi) is 18.3. The molecule has 1 aromatic heterocycles. The topological polar surface area (TPSA) is 311 Å². The van der Waals surface area contributed by atoms with Gasteiger partial charge in [0.2, 0.25) is 41.4 Å². The summed E-state index contributed by atoms with van der Waals surface area (Å²) in [5.74, 6) is 1.16. The second-order valence-corrected chi connectivity index (χ2v) is 22.7. The number of aromatic nitrogens is 1. The van der Waals surface area contributed by atoms with Crippen LogP contribution in [0.5, 0.6) is 0 Å². The normalized spacial score (nSPS) is 19.7. The van der Waals surface area contributed by atoms with Gasteiger partial charge in [-0.15, -0.1) is 0 Å². The summed E-state index contributed by atoms with van der Waals surface area (Å²) < 4.78 is 39.2. The number of benzene rings is 4. The van der Waals surface area contributed by atoms with Gasteiger partial charge in [0.25, 0.3) is 18.2 Å². The fourth-order valence-corrected chi connectivity index (χ4v) is 11.8. The number of piperidine rings is 1. The molecule has 21 nitrogen and oxygen atoms in total. The highest BCUT2D eigenvalue weighted by Gasteiger charge is 2.46. The molecule has 83 heavy (non-hydrogen) atoms. The Hall–Kier alpha value is -8.58. The van der Waals surface area contributed by atoms with Crippen molar-refractivity contribution in [3.63, 3.8) is 0 Å². The molecule has 9 amide bonds. The molecule has 24 heteroatoms. The monoisotopic (exact) mass is 1160 g/mol. The van der Waals surface area contributed by atoms with Gasteiger partial charge in [-0.2, -0.15) is 0 Å². The average molecular weight is 1160 g/mol. The Bertz CT molecular complexity index is 3470. The van der Waals surface area contributed by atoms with E-state index in [1.807, 2.05) is 0 Å². The van der Waals surface area contributed by atoms with Crippen LogP contribution in [0, 0.1) is 11.8 Å². The number of hydrogen-bond donors (Lipinski definition) is 8. The number of nitrogens with one attached hydrogen (secondary N) is 5. The van der Waals surface area contributed by atoms with Gasteiger partial charge in [0, 0.05) is 79.0 Å². The first-order valence-electron chi connectivity index (χ1n) is 27.4. The number of halogens is 2. The van der Waals surface area contributed by atoms with Crippen LogP contribution < -0.4 is 32.3 Å². The fraction of sp³-hybridized carbons (Fsp3) is 0.373. The van der Waals surface area contributed by atoms with Crippen molar-refractivity contribution in [2.45, 2.75) is 126 Å². The van der Waals surface area contributed by atoms with E-state index in [0.717, 1.165) is 0 Å². The minimum atomic E-state index is -4.60. The number of fused-ring (bicyclic) bond motifs is 3. The first-order valence-corrected chi connectivity index (χ1v) is 29.0. The van der Waals surface area contributed by atoms with Gasteiger partial charge < -0.3 is 51.2 Å². The summed E-state index contributed by atoms with van der Waals surface area (Å²) in [6.07, 6.45) is 0.0195. The lowest BCUT2D eigenvalue weighted by molar-refractivity contribution is -0.145. The highest BCUT2D eigenvalue weighted by molar-refractivity contribution is 7.60. The predicted molar refractivity (Wildman–Crippen MR) is 297 cm³/mol. The maximum atomic E-state index is 15.0. The highest BCUT2D eigenvalue weighted by atomic mass is 31.2. The van der Waals surface area contributed by atoms with E-state index in [2.05, 4.69) is 38.1 Å². The molecule has 0 aliphatic carbocycles. The summed E-state index contributed by atoms with van der Waals surface area (Å²) >= 11 is 0. The van der Waals surface area contributed by atoms with Gasteiger partial charge in [-0.25, -0.2) is 8.78 Å². The van der Waals surface area contributed by atoms with Crippen LogP contribution in [0.25, 0.3) is 10.9 Å². The Morgan fingerprint density at radius 1 is 0.819 bits per heavy atom. The van der Waals surface area contributed by atoms with Crippen molar-refractivity contribution < 1.29 is 66.3 Å². The SMILES string of the molecule is NC(=O)CC[C@H](NC(=O)[C@@H]1CCC2CCN(C(=O)CCCCCC#Cc3cccc4c3CN(C3CCC(=O)NC3=O)C4=O)C[C@H](NC(=O)c3cc4cc(C(F)F)ccc4[nH]3)C(=O)N21)C(=O)NC(c1ccccc1)c1ccc(P(=O)(O)O)cc1. The number of carbonyl (C=O) groups excluding carboxylic acids is 9. The summed E-state index contributed by atoms with van der Waals surface area (Å²) in [4.78, 5) is 148. The lowest BCUT2D eigenvalue weighted by atomic mass is 9.98. The Morgan fingerprint density at radius 3 is 2.29 bits per heavy atom. The summed E-state index contributed by atoms with van der Waals surface area (Å²) in [6.45, 7) is 0.0475. The molecule has 0 saturated carbocycles. The smallest absolute Gasteiger partial charge is 0.356 e. The first-order chi connectivity index (χ1) is 39.7. The van der Waals surface area contributed by atoms with Crippen LogP contribution >= 0.6 is 7.60 Å². The minimum Gasteiger partial charge on any atom is -0.370 e. The number of hydrogen-bond acceptors (Lipinski definition) is 10. The number of primary amides is 1. The standard InChI is InChI=1S/C59H62F2N9O12P/c60-53(61)37-18-22-43-38(30-37)31-45(63-43)55(75)65-46-33-68(51(73)15-8-3-1-2-5-10-34-13-9-14-41-42(34)32-69(58(41)78)47-25-27-50(72)66-56(47)76)29-28-39-19-24-48(70(39)59(46)79)57(77)64-44(23-26-49(62)71)54(74)67-52(35-11-6-4-7-12-35)36-16-20-40(21-17-36)83(80,81)82/h4,6-7,9,11-14,16-18,20-22,30-31,39,44,46-48,52-53,63H,1-3,8,15,19,23-29,32-33H2,(H2,62,71)(H,64,77)(H,65,75)(H,67,74)(H,66,72,76)(H2,80,81,82)/t39?,44-,46-,47?,48-,52?/m0/s1. The van der Waals surface area contributed by atoms with Crippen LogP contribution in [-0.4, -0.2) is 126 Å². The molecular weight excluding hydrogens is 1100 g/mol. The average Bonchev–Trinajstić information content (AvgIpc) is 2.91. The van der Waals surface area contributed by atoms with Gasteiger partial charge >= 0.3 is 7.60 Å². The third-order valence-corrected chi connectivity index (χ3v) is 16.6. The number of amides is 9. The highest BCUT2D eigenvalue weighted by Crippen LogP contribution is 2.35. The lowest BCUT2D eigenvalue weighted by Crippen LogP contribution is -2.62. The van der Waals surface area contributed by atoms with Crippen LogP contribution in [0.15, 0.2) is 97.1 Å². The molecule has 4 aliphatic rings. The number of aromatic amines is 1. The molecule has 0 spiro atoms. The van der Waals surface area contributed by atoms with E-state index in [1.165, 1.54) is 63.2 Å². The molecule has 4 aliphatic heterocycles. The van der Waals surface area contributed by atoms with Gasteiger partial charge in [-0.1, -0.05) is 72.9 Å². The number of nitrogens with zero attached hydrogens (tertiary/aromatic N) is 3. The van der Waals surface area contributed by atoms with Gasteiger partial charge in [0.15, 0.2) is 0 Å². The number of nitrogens with two attached hydrogens (primary N) is 1. The van der Waals surface area contributed by atoms with E-state index >= 15 is 4.79 Å². The number of imide groups is 1. The van der Waals surface area contributed by atoms with Crippen LogP contribution in [0.4, 0.5) is 8.78 Å². The first kappa shape index (κ1) is 59.1. The maximum absolute atomic E-state index is 15.0. The zero-order chi connectivity index (χ0) is 59.1. The number of H-pyrrole nitrogens is 1. The van der Waals surface area contributed by atoms with Crippen molar-refractivity contribution in [3.8, 4) is 11.8 Å². The second-order valence-electron chi connectivity index (χ2n) is 21.1. The Morgan fingerprint density at radius 2 is 1.57 bits per heavy atom. The van der Waals surface area contributed by atoms with E-state index in [1.54, 1.807) is 48.5 Å². The molecule has 3 saturated heterocycles. The van der Waals surface area contributed by atoms with E-state index in [0.29, 0.717) is 70.8 Å². The third-order valence-electron chi connectivity index (χ3n) is 15.6. The van der Waals surface area contributed by atoms with Crippen molar-refractivity contribution in [3.05, 3.63) is 136 Å². The Labute approximate surface area is 475 Å². The molecule has 0 radical (unpaired) electrons. The summed E-state index contributed by atoms with van der Waals surface area (Å²) in [6, 6.07) is 18.3. The number of alkyl halides is 2. The van der Waals surface area contributed by atoms with Crippen molar-refractivity contribution in [2.75, 3.05) is 13.1 Å². The van der Waals surface area contributed by atoms with E-state index < -0.39 is 85.7 Å². The van der Waals surface area contributed by atoms with Crippen LogP contribution in [0.3, 0.4) is 0 Å². The van der Waals surface area contributed by atoms with Gasteiger partial charge in [-0.3, -0.25) is 53.0 Å². The van der Waals surface area contributed by atoms with Gasteiger partial charge in [0.1, 0.15) is 29.9 Å². The fourth-order valence-electron chi connectivity index (χ4n) is 11.2. The molecule has 3 fully saturated rings. The van der Waals surface area contributed by atoms with Crippen molar-refractivity contribution in [1.29, 1.82) is 0 Å². The zero-order valence-electron chi connectivity index (χ0n) is 45.0. The predicted octanol–water partition coefficient (Wildman–Crippen LogP) is 4.02. The minimum absolute atomic E-state index is 0.0521. The molecule has 9 N–H and O–H groups in total. The number of rotatable bonds is 19. The van der Waals surface area contributed by atoms with E-state index in [4.69, 9.17) is 5.73 Å². The van der Waals surface area contributed by atoms with Crippen LogP contribution in [-0.2, 0) is 44.7 Å². The third kappa shape index (κ3) is 13.9. The van der Waals surface area contributed by atoms with Crippen LogP contribution in [0.2, 0.25) is 0 Å². The molecule has 5 heterocycles. The van der Waals surface area contributed by atoms with Crippen molar-refractivity contribution in [1.82, 2.24) is 41.0 Å². The summed E-state index contributed by atoms with van der Waals surface area (Å²) in [7, 11) is -4.60. The van der Waals surface area contributed by atoms with E-state index in [9.17, 15) is 61.5 Å². The maximum Gasteiger partial charge on any atom is 0.356 e. The number of carbonyl (C=O) groups is 9. The molecule has 4 aromatic carbocycles. The van der Waals surface area contributed by atoms with Crippen molar-refractivity contribution in [2.24, 2.45) is 5.73 Å². The molecule has 9 rings (SSSR count). The summed E-state index contributed by atoms with van der Waals surface area (Å²) in [5.41, 5.74) is 8.43. The van der Waals surface area contributed by atoms with Crippen LogP contribution in [0.1, 0.15) is 138 Å². The number of unbranched alkanes of at least 4 members (excludes halogenated alkanes) is 3. The Balaban J connectivity index is 0.877. The molecular formula is C59H62F2N9O12P. The lowest BCUT2D eigenvalue weighted by Gasteiger charge is -2.39. The van der Waals surface area contributed by atoms with Gasteiger partial charge in [-0.05, 0) is 104 Å². The molecule has 5 aromatic rings. The van der Waals surface area contributed by atoms with E-state index in [-0.39, 0.29) is 98.9 Å². The van der Waals surface area contributed by atoms with Crippen molar-refractivity contribution >= 4 is 77.0 Å². The quantitative estimate of drug-likeness (QED) is 0.0252. The largest absolute Gasteiger partial charge is 0.370 e. The second kappa shape index (κ2) is 25.7. The molecule has 0 bridgehead atoms. The summed E-state index contributed by atoms with van der Waals surface area (Å²) in [5, 5.41) is 10.8. The van der Waals surface area contributed by atoms with Gasteiger partial charge in [0.05, 0.1) is 11.3 Å². The molecule has 434 valence electrons. The molecule has 3 unspecified atom stereocenters. The molecule has 6 atom stereocenters. The zero-order valence-corrected chi connectivity index (χ0v) is 45.9.